The molecule has 0 saturated heterocycles. The SMILES string of the molecule is O=C(O)CCC[P+](=O)O.O=C(O)CCc1ccccc1[P+](=O)O. The second kappa shape index (κ2) is 11.8. The lowest BCUT2D eigenvalue weighted by atomic mass is 10.1. The molecule has 0 bridgehead atoms. The average molecular weight is 364 g/mol. The first-order chi connectivity index (χ1) is 10.7. The molecule has 0 radical (unpaired) electrons. The van der Waals surface area contributed by atoms with E-state index in [1.54, 1.807) is 18.2 Å². The molecule has 0 fully saturated rings. The minimum atomic E-state index is -2.39. The van der Waals surface area contributed by atoms with Crippen molar-refractivity contribution in [2.24, 2.45) is 0 Å². The van der Waals surface area contributed by atoms with E-state index in [0.29, 0.717) is 10.9 Å². The lowest BCUT2D eigenvalue weighted by molar-refractivity contribution is -0.138. The van der Waals surface area contributed by atoms with Crippen LogP contribution in [0.5, 0.6) is 0 Å². The van der Waals surface area contributed by atoms with Gasteiger partial charge in [0.05, 0.1) is 0 Å². The van der Waals surface area contributed by atoms with Crippen molar-refractivity contribution < 1.29 is 38.7 Å². The fraction of sp³-hybridized carbons (Fsp3) is 0.385. The lowest BCUT2D eigenvalue weighted by Gasteiger charge is -1.96. The van der Waals surface area contributed by atoms with Crippen molar-refractivity contribution in [2.45, 2.75) is 25.7 Å². The van der Waals surface area contributed by atoms with Gasteiger partial charge in [-0.15, -0.1) is 0 Å². The molecule has 0 aliphatic rings. The van der Waals surface area contributed by atoms with Gasteiger partial charge in [-0.3, -0.25) is 9.59 Å². The number of benzene rings is 1. The van der Waals surface area contributed by atoms with Crippen LogP contribution in [-0.4, -0.2) is 38.1 Å². The number of carbonyl (C=O) groups is 2. The Balaban J connectivity index is 0.000000468. The van der Waals surface area contributed by atoms with E-state index in [1.807, 2.05) is 0 Å². The summed E-state index contributed by atoms with van der Waals surface area (Å²) in [6, 6.07) is 6.58. The van der Waals surface area contributed by atoms with Crippen LogP contribution >= 0.6 is 16.1 Å². The number of aryl methyl sites for hydroxylation is 1. The van der Waals surface area contributed by atoms with Gasteiger partial charge in [0.25, 0.3) is 0 Å². The maximum absolute atomic E-state index is 10.9. The number of hydrogen-bond donors (Lipinski definition) is 4. The summed E-state index contributed by atoms with van der Waals surface area (Å²) < 4.78 is 20.8. The van der Waals surface area contributed by atoms with E-state index in [-0.39, 0.29) is 31.8 Å². The van der Waals surface area contributed by atoms with Crippen LogP contribution in [0.15, 0.2) is 24.3 Å². The fourth-order valence-electron chi connectivity index (χ4n) is 1.52. The third-order valence-corrected chi connectivity index (χ3v) is 4.09. The van der Waals surface area contributed by atoms with E-state index in [1.165, 1.54) is 6.07 Å². The van der Waals surface area contributed by atoms with E-state index in [0.717, 1.165) is 0 Å². The first kappa shape index (κ1) is 21.3. The van der Waals surface area contributed by atoms with E-state index in [2.05, 4.69) is 0 Å². The predicted octanol–water partition coefficient (Wildman–Crippen LogP) is 1.65. The molecule has 1 aromatic rings. The van der Waals surface area contributed by atoms with Crippen LogP contribution in [0.1, 0.15) is 24.8 Å². The molecule has 0 amide bonds. The zero-order valence-corrected chi connectivity index (χ0v) is 14.0. The molecule has 126 valence electrons. The van der Waals surface area contributed by atoms with Crippen molar-refractivity contribution in [1.82, 2.24) is 0 Å². The largest absolute Gasteiger partial charge is 0.546 e. The van der Waals surface area contributed by atoms with Crippen LogP contribution in [0.25, 0.3) is 0 Å². The summed E-state index contributed by atoms with van der Waals surface area (Å²) in [5.41, 5.74) is 0.624. The standard InChI is InChI=1S/C9H9O4P.C4H7O4P/c10-9(11)6-5-7-3-1-2-4-8(7)14(12)13;5-4(6)2-1-3-9(7)8/h1-4H,5-6H2,(H-,10,11,12,13);1-3H2,(H-,5,6,7,8)/p+2. The highest BCUT2D eigenvalue weighted by atomic mass is 31.1. The van der Waals surface area contributed by atoms with Crippen LogP contribution in [0.3, 0.4) is 0 Å². The van der Waals surface area contributed by atoms with Gasteiger partial charge in [-0.25, -0.2) is 0 Å². The average Bonchev–Trinajstić information content (AvgIpc) is 2.45. The van der Waals surface area contributed by atoms with Gasteiger partial charge in [-0.2, -0.15) is 9.79 Å². The summed E-state index contributed by atoms with van der Waals surface area (Å²) in [5.74, 6) is -1.83. The first-order valence-electron chi connectivity index (χ1n) is 6.55. The van der Waals surface area contributed by atoms with E-state index < -0.39 is 28.0 Å². The van der Waals surface area contributed by atoms with E-state index in [4.69, 9.17) is 20.0 Å². The first-order valence-corrected chi connectivity index (χ1v) is 9.16. The Hall–Kier alpha value is -1.72. The molecule has 4 N–H and O–H groups in total. The lowest BCUT2D eigenvalue weighted by Crippen LogP contribution is -2.07. The fourth-order valence-corrected chi connectivity index (χ4v) is 2.59. The molecule has 10 heteroatoms. The molecule has 8 nitrogen and oxygen atoms in total. The molecule has 1 aromatic carbocycles. The zero-order valence-electron chi connectivity index (χ0n) is 12.2. The van der Waals surface area contributed by atoms with Crippen LogP contribution in [-0.2, 0) is 25.1 Å². The molecule has 0 aliphatic heterocycles. The van der Waals surface area contributed by atoms with E-state index >= 15 is 0 Å². The highest BCUT2D eigenvalue weighted by molar-refractivity contribution is 7.47. The minimum Gasteiger partial charge on any atom is -0.481 e. The van der Waals surface area contributed by atoms with Crippen molar-refractivity contribution in [3.05, 3.63) is 29.8 Å². The molecule has 2 unspecified atom stereocenters. The monoisotopic (exact) mass is 364 g/mol. The van der Waals surface area contributed by atoms with Gasteiger partial charge in [0.1, 0.15) is 0 Å². The van der Waals surface area contributed by atoms with Gasteiger partial charge < -0.3 is 10.2 Å². The van der Waals surface area contributed by atoms with Crippen LogP contribution in [0, 0.1) is 0 Å². The van der Waals surface area contributed by atoms with Crippen LogP contribution in [0.4, 0.5) is 0 Å². The van der Waals surface area contributed by atoms with Crippen molar-refractivity contribution >= 4 is 33.3 Å². The van der Waals surface area contributed by atoms with Gasteiger partial charge in [0.15, 0.2) is 6.16 Å². The normalized spacial score (nSPS) is 11.0. The molecule has 23 heavy (non-hydrogen) atoms. The summed E-state index contributed by atoms with van der Waals surface area (Å²) in [7, 11) is -4.53. The number of carboxylic acid groups (broad SMARTS) is 2. The van der Waals surface area contributed by atoms with Crippen LogP contribution < -0.4 is 5.30 Å². The topological polar surface area (TPSA) is 149 Å². The van der Waals surface area contributed by atoms with Gasteiger partial charge >= 0.3 is 28.0 Å². The molecule has 0 spiro atoms. The summed E-state index contributed by atoms with van der Waals surface area (Å²) in [6.45, 7) is 0. The smallest absolute Gasteiger partial charge is 0.481 e. The Morgan fingerprint density at radius 3 is 2.00 bits per heavy atom. The molecule has 0 aromatic heterocycles. The molecule has 1 rings (SSSR count). The molecular weight excluding hydrogens is 346 g/mol. The Kier molecular flexibility index (Phi) is 10.9. The number of carboxylic acids is 2. The second-order valence-corrected chi connectivity index (χ2v) is 6.55. The highest BCUT2D eigenvalue weighted by Crippen LogP contribution is 2.17. The zero-order chi connectivity index (χ0) is 17.8. The Morgan fingerprint density at radius 2 is 1.52 bits per heavy atom. The van der Waals surface area contributed by atoms with Crippen molar-refractivity contribution in [2.75, 3.05) is 6.16 Å². The van der Waals surface area contributed by atoms with Gasteiger partial charge in [0, 0.05) is 24.8 Å². The molecule has 0 saturated carbocycles. The van der Waals surface area contributed by atoms with Gasteiger partial charge in [-0.1, -0.05) is 18.2 Å². The molecule has 0 heterocycles. The third-order valence-electron chi connectivity index (χ3n) is 2.55. The maximum atomic E-state index is 10.9. The van der Waals surface area contributed by atoms with Gasteiger partial charge in [0.2, 0.25) is 5.30 Å². The highest BCUT2D eigenvalue weighted by Gasteiger charge is 2.20. The summed E-state index contributed by atoms with van der Waals surface area (Å²) in [4.78, 5) is 37.2. The number of hydrogen-bond acceptors (Lipinski definition) is 4. The maximum Gasteiger partial charge on any atom is 0.546 e. The van der Waals surface area contributed by atoms with Crippen molar-refractivity contribution in [1.29, 1.82) is 0 Å². The predicted molar refractivity (Wildman–Crippen MR) is 83.4 cm³/mol. The van der Waals surface area contributed by atoms with E-state index in [9.17, 15) is 18.7 Å². The van der Waals surface area contributed by atoms with Crippen LogP contribution in [0.2, 0.25) is 0 Å². The third kappa shape index (κ3) is 11.5. The van der Waals surface area contributed by atoms with Gasteiger partial charge in [-0.05, 0) is 21.6 Å². The summed E-state index contributed by atoms with van der Waals surface area (Å²) in [6.07, 6.45) is 0.595. The Morgan fingerprint density at radius 1 is 0.957 bits per heavy atom. The van der Waals surface area contributed by atoms with Crippen molar-refractivity contribution in [3.63, 3.8) is 0 Å². The minimum absolute atomic E-state index is 0.0262. The Labute approximate surface area is 134 Å². The second-order valence-electron chi connectivity index (χ2n) is 4.37. The quantitative estimate of drug-likeness (QED) is 0.509. The summed E-state index contributed by atoms with van der Waals surface area (Å²) in [5, 5.41) is 16.8. The number of rotatable bonds is 8. The Bertz CT molecular complexity index is 559. The molecule has 0 aliphatic carbocycles. The summed E-state index contributed by atoms with van der Waals surface area (Å²) >= 11 is 0. The molecule has 2 atom stereocenters. The number of aliphatic carboxylic acids is 2. The van der Waals surface area contributed by atoms with Crippen molar-refractivity contribution in [3.8, 4) is 0 Å². The molecular formula is C13H18O8P2+2.